The van der Waals surface area contributed by atoms with Gasteiger partial charge in [0, 0.05) is 41.6 Å². The van der Waals surface area contributed by atoms with E-state index in [9.17, 15) is 39.6 Å². The van der Waals surface area contributed by atoms with E-state index in [0.717, 1.165) is 0 Å². The molecule has 0 fully saturated rings. The third kappa shape index (κ3) is 9.57. The number of benzene rings is 4. The predicted molar refractivity (Wildman–Crippen MR) is 185 cm³/mol. The third-order valence-corrected chi connectivity index (χ3v) is 10.7. The van der Waals surface area contributed by atoms with Crippen molar-refractivity contribution in [1.82, 2.24) is 10.9 Å². The molecule has 5 rings (SSSR count). The van der Waals surface area contributed by atoms with Crippen LogP contribution >= 0.6 is 15.9 Å². The fourth-order valence-corrected chi connectivity index (χ4v) is 7.41. The van der Waals surface area contributed by atoms with Crippen molar-refractivity contribution in [3.05, 3.63) is 129 Å². The number of alkyl halides is 6. The van der Waals surface area contributed by atoms with Crippen molar-refractivity contribution in [1.29, 1.82) is 0 Å². The summed E-state index contributed by atoms with van der Waals surface area (Å²) in [7, 11) is -4.02. The molecular formula is C36H32BrF6N3O6S. The number of nitrogens with zero attached hydrogens (tertiary/aromatic N) is 1. The summed E-state index contributed by atoms with van der Waals surface area (Å²) >= 11 is 3.46. The molecule has 0 saturated carbocycles. The molecule has 0 bridgehead atoms. The molecule has 1 aliphatic heterocycles. The molecule has 0 spiro atoms. The van der Waals surface area contributed by atoms with Gasteiger partial charge in [-0.15, -0.1) is 0 Å². The summed E-state index contributed by atoms with van der Waals surface area (Å²) in [6.45, 7) is -0.486. The van der Waals surface area contributed by atoms with E-state index in [1.807, 2.05) is 0 Å². The summed E-state index contributed by atoms with van der Waals surface area (Å²) in [6.07, 6.45) is -11.5. The molecule has 9 nitrogen and oxygen atoms in total. The Hall–Kier alpha value is -4.45. The number of aliphatic hydroxyl groups excluding tert-OH is 1. The zero-order valence-corrected chi connectivity index (χ0v) is 29.9. The number of hydrogen-bond donors (Lipinski definition) is 3. The Labute approximate surface area is 309 Å². The highest BCUT2D eigenvalue weighted by molar-refractivity contribution is 9.10. The van der Waals surface area contributed by atoms with Gasteiger partial charge in [-0.1, -0.05) is 52.3 Å². The number of hydrogen-bond acceptors (Lipinski definition) is 8. The second-order valence-corrected chi connectivity index (χ2v) is 14.9. The number of ether oxygens (including phenoxy) is 2. The van der Waals surface area contributed by atoms with E-state index < -0.39 is 75.1 Å². The quantitative estimate of drug-likeness (QED) is 0.0699. The second kappa shape index (κ2) is 16.3. The molecule has 17 heteroatoms. The average Bonchev–Trinajstić information content (AvgIpc) is 3.51. The molecule has 1 heterocycles. The van der Waals surface area contributed by atoms with Gasteiger partial charge in [0.15, 0.2) is 21.5 Å². The number of aliphatic hydroxyl groups is 1. The van der Waals surface area contributed by atoms with Gasteiger partial charge in [-0.05, 0) is 66.2 Å². The first-order valence-corrected chi connectivity index (χ1v) is 18.4. The molecule has 4 aromatic carbocycles. The topological polar surface area (TPSA) is 126 Å². The Balaban J connectivity index is 1.53. The van der Waals surface area contributed by atoms with Crippen LogP contribution in [0.5, 0.6) is 5.75 Å². The lowest BCUT2D eigenvalue weighted by Gasteiger charge is -2.31. The Morgan fingerprint density at radius 1 is 0.906 bits per heavy atom. The van der Waals surface area contributed by atoms with Crippen LogP contribution in [-0.2, 0) is 38.3 Å². The third-order valence-electron chi connectivity index (χ3n) is 8.21. The molecule has 3 N–H and O–H groups in total. The van der Waals surface area contributed by atoms with Gasteiger partial charge in [0.05, 0.1) is 28.4 Å². The number of rotatable bonds is 14. The van der Waals surface area contributed by atoms with Crippen LogP contribution in [0.2, 0.25) is 0 Å². The summed E-state index contributed by atoms with van der Waals surface area (Å²) < 4.78 is 120. The summed E-state index contributed by atoms with van der Waals surface area (Å²) in [5.74, 6) is -1.16. The van der Waals surface area contributed by atoms with Crippen molar-refractivity contribution in [2.45, 2.75) is 48.3 Å². The van der Waals surface area contributed by atoms with E-state index in [2.05, 4.69) is 26.8 Å². The van der Waals surface area contributed by atoms with E-state index in [-0.39, 0.29) is 30.1 Å². The molecule has 1 aliphatic rings. The lowest BCUT2D eigenvalue weighted by atomic mass is 9.85. The van der Waals surface area contributed by atoms with Crippen LogP contribution in [0.15, 0.2) is 111 Å². The number of aliphatic imine (C=N–C) groups is 1. The molecule has 0 unspecified atom stereocenters. The Morgan fingerprint density at radius 2 is 1.53 bits per heavy atom. The SMILES string of the molecule is O=C(NNCc1cc(C(F)(F)F)cc(C(F)(F)F)c1)[C@@]1(CCS(=O)(=O)c2ccccc2)N=C(c2ccc(OCCCO)cc2)O[C@H]1c1ccccc1Br. The molecule has 282 valence electrons. The van der Waals surface area contributed by atoms with E-state index in [1.54, 1.807) is 54.6 Å². The molecule has 2 atom stereocenters. The van der Waals surface area contributed by atoms with Gasteiger partial charge in [0.2, 0.25) is 5.90 Å². The van der Waals surface area contributed by atoms with Gasteiger partial charge < -0.3 is 14.6 Å². The van der Waals surface area contributed by atoms with Crippen LogP contribution in [0.25, 0.3) is 0 Å². The first-order chi connectivity index (χ1) is 25.0. The van der Waals surface area contributed by atoms with Crippen LogP contribution in [0.4, 0.5) is 26.3 Å². The molecule has 0 saturated heterocycles. The molecule has 53 heavy (non-hydrogen) atoms. The maximum atomic E-state index is 14.4. The monoisotopic (exact) mass is 827 g/mol. The Kier molecular flexibility index (Phi) is 12.2. The zero-order chi connectivity index (χ0) is 38.4. The van der Waals surface area contributed by atoms with Gasteiger partial charge in [0.25, 0.3) is 5.91 Å². The highest BCUT2D eigenvalue weighted by Crippen LogP contribution is 2.45. The maximum absolute atomic E-state index is 14.4. The molecule has 0 aliphatic carbocycles. The minimum atomic E-state index is -5.08. The number of halogens is 7. The highest BCUT2D eigenvalue weighted by Gasteiger charge is 2.54. The van der Waals surface area contributed by atoms with E-state index >= 15 is 0 Å². The summed E-state index contributed by atoms with van der Waals surface area (Å²) in [4.78, 5) is 19.0. The van der Waals surface area contributed by atoms with Gasteiger partial charge in [-0.25, -0.2) is 18.8 Å². The smallest absolute Gasteiger partial charge is 0.416 e. The van der Waals surface area contributed by atoms with Crippen molar-refractivity contribution in [3.63, 3.8) is 0 Å². The first-order valence-electron chi connectivity index (χ1n) is 16.0. The summed E-state index contributed by atoms with van der Waals surface area (Å²) in [6, 6.07) is 21.6. The van der Waals surface area contributed by atoms with E-state index in [4.69, 9.17) is 19.6 Å². The Bertz CT molecular complexity index is 2020. The molecular weight excluding hydrogens is 796 g/mol. The van der Waals surface area contributed by atoms with E-state index in [0.29, 0.717) is 39.9 Å². The number of carbonyl (C=O) groups is 1. The average molecular weight is 829 g/mol. The van der Waals surface area contributed by atoms with Crippen molar-refractivity contribution in [3.8, 4) is 5.75 Å². The van der Waals surface area contributed by atoms with Crippen molar-refractivity contribution < 1.29 is 54.1 Å². The zero-order valence-electron chi connectivity index (χ0n) is 27.5. The second-order valence-electron chi connectivity index (χ2n) is 11.9. The van der Waals surface area contributed by atoms with Crippen LogP contribution in [0.3, 0.4) is 0 Å². The van der Waals surface area contributed by atoms with Gasteiger partial charge in [-0.2, -0.15) is 26.3 Å². The summed E-state index contributed by atoms with van der Waals surface area (Å²) in [5, 5.41) is 9.04. The number of carbonyl (C=O) groups excluding carboxylic acids is 1. The fraction of sp³-hybridized carbons (Fsp3) is 0.278. The largest absolute Gasteiger partial charge is 0.494 e. The van der Waals surface area contributed by atoms with Gasteiger partial charge >= 0.3 is 12.4 Å². The molecule has 1 amide bonds. The lowest BCUT2D eigenvalue weighted by Crippen LogP contribution is -2.53. The number of amides is 1. The first kappa shape index (κ1) is 39.8. The number of nitrogens with one attached hydrogen (secondary N) is 2. The summed E-state index contributed by atoms with van der Waals surface area (Å²) in [5.41, 5.74) is -0.0161. The van der Waals surface area contributed by atoms with Crippen LogP contribution in [-0.4, -0.2) is 49.8 Å². The molecule has 4 aromatic rings. The Morgan fingerprint density at radius 3 is 2.13 bits per heavy atom. The standard InChI is InChI=1S/C36H32BrF6N3O6S/c37-30-10-5-4-9-29(30)31-34(15-18-53(49,50)28-7-2-1-3-8-28,45-32(52-31)24-11-13-27(14-12-24)51-17-6-16-47)33(48)46-44-22-23-19-25(35(38,39)40)21-26(20-23)36(41,42)43/h1-5,7-14,19-21,31,44,47H,6,15-18,22H2,(H,46,48)/t31-,34-/m0/s1. The van der Waals surface area contributed by atoms with Crippen molar-refractivity contribution >= 4 is 37.6 Å². The highest BCUT2D eigenvalue weighted by atomic mass is 79.9. The normalized spacial score (nSPS) is 17.6. The van der Waals surface area contributed by atoms with Crippen LogP contribution in [0, 0.1) is 0 Å². The van der Waals surface area contributed by atoms with Crippen molar-refractivity contribution in [2.24, 2.45) is 4.99 Å². The van der Waals surface area contributed by atoms with E-state index in [1.165, 1.54) is 24.3 Å². The van der Waals surface area contributed by atoms with Crippen LogP contribution < -0.4 is 15.6 Å². The van der Waals surface area contributed by atoms with Crippen molar-refractivity contribution in [2.75, 3.05) is 19.0 Å². The molecule has 0 aromatic heterocycles. The van der Waals surface area contributed by atoms with Crippen LogP contribution in [0.1, 0.15) is 46.8 Å². The lowest BCUT2D eigenvalue weighted by molar-refractivity contribution is -0.143. The minimum Gasteiger partial charge on any atom is -0.494 e. The predicted octanol–water partition coefficient (Wildman–Crippen LogP) is 7.19. The number of hydrazine groups is 1. The van der Waals surface area contributed by atoms with Gasteiger partial charge in [-0.3, -0.25) is 10.2 Å². The molecule has 0 radical (unpaired) electrons. The number of sulfone groups is 1. The van der Waals surface area contributed by atoms with Gasteiger partial charge in [0.1, 0.15) is 5.75 Å². The minimum absolute atomic E-state index is 0.00748. The maximum Gasteiger partial charge on any atom is 0.416 e. The fourth-order valence-electron chi connectivity index (χ4n) is 5.53.